The molecule has 3 N–H and O–H groups in total. The second-order valence-corrected chi connectivity index (χ2v) is 5.77. The number of amides is 2. The molecule has 0 aromatic heterocycles. The Kier molecular flexibility index (Phi) is 7.37. The molecular formula is C19H23FN2O3. The van der Waals surface area contributed by atoms with Gasteiger partial charge in [0.2, 0.25) is 0 Å². The number of hydrogen-bond acceptors (Lipinski definition) is 3. The quantitative estimate of drug-likeness (QED) is 0.687. The zero-order valence-electron chi connectivity index (χ0n) is 14.2. The fraction of sp³-hybridized carbons (Fsp3) is 0.316. The largest absolute Gasteiger partial charge is 0.391 e. The Labute approximate surface area is 146 Å². The molecule has 6 heteroatoms. The molecule has 0 spiro atoms. The number of methoxy groups -OCH3 is 1. The van der Waals surface area contributed by atoms with Crippen molar-refractivity contribution >= 4 is 6.03 Å². The zero-order valence-corrected chi connectivity index (χ0v) is 14.2. The van der Waals surface area contributed by atoms with Gasteiger partial charge in [-0.3, -0.25) is 0 Å². The van der Waals surface area contributed by atoms with Crippen molar-refractivity contribution in [2.45, 2.75) is 25.7 Å². The highest BCUT2D eigenvalue weighted by molar-refractivity contribution is 5.73. The van der Waals surface area contributed by atoms with Gasteiger partial charge in [0.05, 0.1) is 12.7 Å². The fourth-order valence-corrected chi connectivity index (χ4v) is 2.42. The SMILES string of the molecule is COCc1cc(CNC(=O)NCC(O)Cc2ccccc2)ccc1F. The Hall–Kier alpha value is -2.44. The summed E-state index contributed by atoms with van der Waals surface area (Å²) in [4.78, 5) is 11.8. The molecule has 0 aliphatic carbocycles. The van der Waals surface area contributed by atoms with Crippen molar-refractivity contribution in [2.24, 2.45) is 0 Å². The Bertz CT molecular complexity index is 680. The molecular weight excluding hydrogens is 323 g/mol. The van der Waals surface area contributed by atoms with Crippen LogP contribution in [0.25, 0.3) is 0 Å². The van der Waals surface area contributed by atoms with Crippen molar-refractivity contribution in [1.29, 1.82) is 0 Å². The van der Waals surface area contributed by atoms with Crippen LogP contribution in [0.2, 0.25) is 0 Å². The number of halogens is 1. The van der Waals surface area contributed by atoms with Crippen LogP contribution in [0.1, 0.15) is 16.7 Å². The van der Waals surface area contributed by atoms with Crippen LogP contribution in [0.15, 0.2) is 48.5 Å². The molecule has 2 aromatic rings. The zero-order chi connectivity index (χ0) is 18.1. The third-order valence-corrected chi connectivity index (χ3v) is 3.68. The second kappa shape index (κ2) is 9.76. The van der Waals surface area contributed by atoms with Gasteiger partial charge in [-0.05, 0) is 23.3 Å². The Morgan fingerprint density at radius 3 is 2.64 bits per heavy atom. The third kappa shape index (κ3) is 6.52. The highest BCUT2D eigenvalue weighted by Crippen LogP contribution is 2.11. The monoisotopic (exact) mass is 346 g/mol. The van der Waals surface area contributed by atoms with Gasteiger partial charge in [-0.15, -0.1) is 0 Å². The number of aliphatic hydroxyl groups excluding tert-OH is 1. The molecule has 2 amide bonds. The molecule has 0 aliphatic rings. The van der Waals surface area contributed by atoms with Crippen LogP contribution in [0.4, 0.5) is 9.18 Å². The van der Waals surface area contributed by atoms with Crippen LogP contribution in [0.5, 0.6) is 0 Å². The first-order valence-electron chi connectivity index (χ1n) is 8.08. The summed E-state index contributed by atoms with van der Waals surface area (Å²) in [5, 5.41) is 15.3. The lowest BCUT2D eigenvalue weighted by Crippen LogP contribution is -2.40. The van der Waals surface area contributed by atoms with Gasteiger partial charge in [0.15, 0.2) is 0 Å². The fourth-order valence-electron chi connectivity index (χ4n) is 2.42. The maximum atomic E-state index is 13.5. The highest BCUT2D eigenvalue weighted by atomic mass is 19.1. The van der Waals surface area contributed by atoms with Crippen LogP contribution in [-0.4, -0.2) is 30.9 Å². The number of nitrogens with one attached hydrogen (secondary N) is 2. The van der Waals surface area contributed by atoms with Crippen molar-refractivity contribution < 1.29 is 19.0 Å². The maximum Gasteiger partial charge on any atom is 0.315 e. The van der Waals surface area contributed by atoms with E-state index in [2.05, 4.69) is 10.6 Å². The van der Waals surface area contributed by atoms with Crippen LogP contribution in [-0.2, 0) is 24.3 Å². The molecule has 134 valence electrons. The first-order valence-corrected chi connectivity index (χ1v) is 8.08. The van der Waals surface area contributed by atoms with Gasteiger partial charge in [-0.25, -0.2) is 9.18 Å². The molecule has 0 heterocycles. The molecule has 0 saturated heterocycles. The molecule has 0 saturated carbocycles. The minimum absolute atomic E-state index is 0.152. The smallest absolute Gasteiger partial charge is 0.315 e. The number of rotatable bonds is 8. The third-order valence-electron chi connectivity index (χ3n) is 3.68. The predicted molar refractivity (Wildman–Crippen MR) is 93.5 cm³/mol. The van der Waals surface area contributed by atoms with Gasteiger partial charge in [0.1, 0.15) is 5.82 Å². The molecule has 0 fully saturated rings. The summed E-state index contributed by atoms with van der Waals surface area (Å²) in [5.74, 6) is -0.334. The molecule has 1 atom stereocenters. The van der Waals surface area contributed by atoms with Crippen molar-refractivity contribution in [3.8, 4) is 0 Å². The van der Waals surface area contributed by atoms with E-state index in [1.165, 1.54) is 13.2 Å². The number of benzene rings is 2. The number of urea groups is 1. The summed E-state index contributed by atoms with van der Waals surface area (Å²) < 4.78 is 18.5. The lowest BCUT2D eigenvalue weighted by atomic mass is 10.1. The van der Waals surface area contributed by atoms with Gasteiger partial charge in [-0.2, -0.15) is 0 Å². The maximum absolute atomic E-state index is 13.5. The topological polar surface area (TPSA) is 70.6 Å². The molecule has 0 aliphatic heterocycles. The van der Waals surface area contributed by atoms with Crippen molar-refractivity contribution in [3.63, 3.8) is 0 Å². The average molecular weight is 346 g/mol. The minimum atomic E-state index is -0.660. The number of aliphatic hydroxyl groups is 1. The predicted octanol–water partition coefficient (Wildman–Crippen LogP) is 2.37. The number of hydrogen-bond donors (Lipinski definition) is 3. The highest BCUT2D eigenvalue weighted by Gasteiger charge is 2.09. The van der Waals surface area contributed by atoms with E-state index in [4.69, 9.17) is 4.74 Å². The minimum Gasteiger partial charge on any atom is -0.391 e. The summed E-state index contributed by atoms with van der Waals surface area (Å²) in [5.41, 5.74) is 2.23. The van der Waals surface area contributed by atoms with Crippen LogP contribution >= 0.6 is 0 Å². The van der Waals surface area contributed by atoms with E-state index in [0.717, 1.165) is 11.1 Å². The molecule has 2 aromatic carbocycles. The van der Waals surface area contributed by atoms with E-state index in [9.17, 15) is 14.3 Å². The van der Waals surface area contributed by atoms with Gasteiger partial charge in [-0.1, -0.05) is 36.4 Å². The Balaban J connectivity index is 1.74. The molecule has 0 bridgehead atoms. The molecule has 5 nitrogen and oxygen atoms in total. The van der Waals surface area contributed by atoms with E-state index in [1.807, 2.05) is 30.3 Å². The summed E-state index contributed by atoms with van der Waals surface area (Å²) in [7, 11) is 1.50. The second-order valence-electron chi connectivity index (χ2n) is 5.77. The first-order chi connectivity index (χ1) is 12.1. The summed E-state index contributed by atoms with van der Waals surface area (Å²) in [6.07, 6.45) is -0.188. The van der Waals surface area contributed by atoms with Crippen molar-refractivity contribution in [3.05, 3.63) is 71.0 Å². The van der Waals surface area contributed by atoms with E-state index in [0.29, 0.717) is 12.0 Å². The molecule has 25 heavy (non-hydrogen) atoms. The average Bonchev–Trinajstić information content (AvgIpc) is 2.61. The van der Waals surface area contributed by atoms with Gasteiger partial charge >= 0.3 is 6.03 Å². The standard InChI is InChI=1S/C19H23FN2O3/c1-25-13-16-9-15(7-8-18(16)20)11-21-19(24)22-12-17(23)10-14-5-3-2-4-6-14/h2-9,17,23H,10-13H2,1H3,(H2,21,22,24). The van der Waals surface area contributed by atoms with Gasteiger partial charge < -0.3 is 20.5 Å². The lowest BCUT2D eigenvalue weighted by molar-refractivity contribution is 0.170. The normalized spacial score (nSPS) is 11.8. The summed E-state index contributed by atoms with van der Waals surface area (Å²) in [6, 6.07) is 13.8. The van der Waals surface area contributed by atoms with Crippen LogP contribution < -0.4 is 10.6 Å². The van der Waals surface area contributed by atoms with E-state index in [-0.39, 0.29) is 31.5 Å². The molecule has 1 unspecified atom stereocenters. The lowest BCUT2D eigenvalue weighted by Gasteiger charge is -2.13. The van der Waals surface area contributed by atoms with Crippen molar-refractivity contribution in [2.75, 3.05) is 13.7 Å². The van der Waals surface area contributed by atoms with E-state index < -0.39 is 6.10 Å². The summed E-state index contributed by atoms with van der Waals surface area (Å²) >= 11 is 0. The Morgan fingerprint density at radius 1 is 1.16 bits per heavy atom. The number of ether oxygens (including phenoxy) is 1. The first kappa shape index (κ1) is 18.9. The van der Waals surface area contributed by atoms with E-state index >= 15 is 0 Å². The number of carbonyl (C=O) groups is 1. The van der Waals surface area contributed by atoms with Crippen molar-refractivity contribution in [1.82, 2.24) is 10.6 Å². The summed E-state index contributed by atoms with van der Waals surface area (Å²) in [6.45, 7) is 0.591. The van der Waals surface area contributed by atoms with Crippen LogP contribution in [0.3, 0.4) is 0 Å². The van der Waals surface area contributed by atoms with Gasteiger partial charge in [0.25, 0.3) is 0 Å². The Morgan fingerprint density at radius 2 is 1.92 bits per heavy atom. The number of carbonyl (C=O) groups excluding carboxylic acids is 1. The molecule has 2 rings (SSSR count). The van der Waals surface area contributed by atoms with E-state index in [1.54, 1.807) is 12.1 Å². The van der Waals surface area contributed by atoms with Crippen LogP contribution in [0, 0.1) is 5.82 Å². The van der Waals surface area contributed by atoms with Gasteiger partial charge in [0, 0.05) is 32.2 Å². The molecule has 0 radical (unpaired) electrons.